The lowest BCUT2D eigenvalue weighted by Gasteiger charge is -2.33. The Kier molecular flexibility index (Phi) is 1.65. The molecule has 3 N–H and O–H groups in total. The SMILES string of the molecule is O=C1NC(=O)[C@]2(C[C@@H]3C[C@@H]2[C@H](C(=O)O)C3)N1. The number of hydrogen-bond donors (Lipinski definition) is 3. The summed E-state index contributed by atoms with van der Waals surface area (Å²) in [5, 5.41) is 13.9. The van der Waals surface area contributed by atoms with Crippen LogP contribution >= 0.6 is 0 Å². The highest BCUT2D eigenvalue weighted by atomic mass is 16.4. The molecule has 3 aliphatic rings. The molecule has 1 aliphatic heterocycles. The lowest BCUT2D eigenvalue weighted by atomic mass is 9.74. The number of imide groups is 1. The van der Waals surface area contributed by atoms with Crippen molar-refractivity contribution in [2.24, 2.45) is 17.8 Å². The molecule has 0 radical (unpaired) electrons. The monoisotopic (exact) mass is 224 g/mol. The van der Waals surface area contributed by atoms with Gasteiger partial charge >= 0.3 is 12.0 Å². The van der Waals surface area contributed by atoms with Gasteiger partial charge in [0.05, 0.1) is 5.92 Å². The molecule has 6 heteroatoms. The van der Waals surface area contributed by atoms with Crippen molar-refractivity contribution >= 4 is 17.9 Å². The molecule has 2 bridgehead atoms. The summed E-state index contributed by atoms with van der Waals surface area (Å²) in [4.78, 5) is 34.0. The first kappa shape index (κ1) is 9.62. The first-order chi connectivity index (χ1) is 7.53. The van der Waals surface area contributed by atoms with Crippen molar-refractivity contribution in [1.29, 1.82) is 0 Å². The lowest BCUT2D eigenvalue weighted by molar-refractivity contribution is -0.145. The minimum Gasteiger partial charge on any atom is -0.481 e. The third-order valence-corrected chi connectivity index (χ3v) is 4.19. The summed E-state index contributed by atoms with van der Waals surface area (Å²) in [6.07, 6.45) is 1.94. The Bertz CT molecular complexity index is 408. The molecule has 0 unspecified atom stereocenters. The van der Waals surface area contributed by atoms with E-state index in [-0.39, 0.29) is 17.7 Å². The predicted molar refractivity (Wildman–Crippen MR) is 51.4 cm³/mol. The highest BCUT2D eigenvalue weighted by molar-refractivity contribution is 6.07. The molecule has 2 saturated carbocycles. The number of carboxylic acids is 1. The molecule has 1 heterocycles. The number of carbonyl (C=O) groups is 3. The normalized spacial score (nSPS) is 44.9. The molecule has 86 valence electrons. The number of rotatable bonds is 1. The number of fused-ring (bicyclic) bond motifs is 3. The van der Waals surface area contributed by atoms with E-state index in [4.69, 9.17) is 5.11 Å². The standard InChI is InChI=1S/C10H12N2O4/c13-7(14)5-1-4-2-6(5)10(3-4)8(15)11-9(16)12-10/h4-6H,1-3H2,(H,13,14)(H2,11,12,15,16)/t4-,5+,6+,10+/m0/s1. The van der Waals surface area contributed by atoms with E-state index in [2.05, 4.69) is 10.6 Å². The van der Waals surface area contributed by atoms with E-state index in [1.54, 1.807) is 0 Å². The van der Waals surface area contributed by atoms with Gasteiger partial charge in [-0.05, 0) is 25.2 Å². The van der Waals surface area contributed by atoms with Gasteiger partial charge in [0, 0.05) is 5.92 Å². The lowest BCUT2D eigenvalue weighted by Crippen LogP contribution is -2.54. The second-order valence-corrected chi connectivity index (χ2v) is 4.97. The maximum absolute atomic E-state index is 11.8. The summed E-state index contributed by atoms with van der Waals surface area (Å²) in [6, 6.07) is -0.498. The zero-order valence-electron chi connectivity index (χ0n) is 8.53. The van der Waals surface area contributed by atoms with Gasteiger partial charge in [-0.3, -0.25) is 14.9 Å². The Morgan fingerprint density at radius 1 is 1.38 bits per heavy atom. The van der Waals surface area contributed by atoms with Crippen molar-refractivity contribution in [2.45, 2.75) is 24.8 Å². The van der Waals surface area contributed by atoms with E-state index < -0.39 is 23.5 Å². The van der Waals surface area contributed by atoms with Gasteiger partial charge in [0.15, 0.2) is 0 Å². The summed E-state index contributed by atoms with van der Waals surface area (Å²) < 4.78 is 0. The van der Waals surface area contributed by atoms with Crippen LogP contribution in [0.3, 0.4) is 0 Å². The number of nitrogens with one attached hydrogen (secondary N) is 2. The summed E-state index contributed by atoms with van der Waals surface area (Å²) >= 11 is 0. The van der Waals surface area contributed by atoms with Crippen LogP contribution in [0.5, 0.6) is 0 Å². The molecule has 0 aromatic heterocycles. The zero-order chi connectivity index (χ0) is 11.5. The average Bonchev–Trinajstić information content (AvgIpc) is 2.80. The number of hydrogen-bond acceptors (Lipinski definition) is 3. The average molecular weight is 224 g/mol. The minimum absolute atomic E-state index is 0.246. The molecule has 1 spiro atoms. The number of carbonyl (C=O) groups excluding carboxylic acids is 2. The maximum Gasteiger partial charge on any atom is 0.322 e. The van der Waals surface area contributed by atoms with Crippen LogP contribution in [0.25, 0.3) is 0 Å². The van der Waals surface area contributed by atoms with Gasteiger partial charge in [0.2, 0.25) is 0 Å². The number of aliphatic carboxylic acids is 1. The van der Waals surface area contributed by atoms with Gasteiger partial charge in [0.1, 0.15) is 5.54 Å². The van der Waals surface area contributed by atoms with Crippen molar-refractivity contribution in [2.75, 3.05) is 0 Å². The summed E-state index contributed by atoms with van der Waals surface area (Å²) in [6.45, 7) is 0. The molecule has 3 fully saturated rings. The van der Waals surface area contributed by atoms with E-state index in [0.29, 0.717) is 12.8 Å². The van der Waals surface area contributed by atoms with Crippen molar-refractivity contribution in [3.8, 4) is 0 Å². The Morgan fingerprint density at radius 2 is 2.12 bits per heavy atom. The topological polar surface area (TPSA) is 95.5 Å². The van der Waals surface area contributed by atoms with Crippen LogP contribution in [0.15, 0.2) is 0 Å². The zero-order valence-corrected chi connectivity index (χ0v) is 8.53. The third kappa shape index (κ3) is 0.989. The summed E-state index contributed by atoms with van der Waals surface area (Å²) in [5.41, 5.74) is -0.941. The molecule has 4 atom stereocenters. The van der Waals surface area contributed by atoms with Gasteiger partial charge < -0.3 is 10.4 Å². The first-order valence-corrected chi connectivity index (χ1v) is 5.39. The summed E-state index contributed by atoms with van der Waals surface area (Å²) in [5.74, 6) is -1.71. The molecule has 0 aromatic carbocycles. The fourth-order valence-corrected chi connectivity index (χ4v) is 3.64. The molecule has 6 nitrogen and oxygen atoms in total. The largest absolute Gasteiger partial charge is 0.481 e. The fourth-order valence-electron chi connectivity index (χ4n) is 3.64. The van der Waals surface area contributed by atoms with Crippen LogP contribution in [0.4, 0.5) is 4.79 Å². The van der Waals surface area contributed by atoms with Crippen molar-refractivity contribution in [3.05, 3.63) is 0 Å². The van der Waals surface area contributed by atoms with Gasteiger partial charge in [0.25, 0.3) is 5.91 Å². The van der Waals surface area contributed by atoms with Crippen LogP contribution in [0, 0.1) is 17.8 Å². The summed E-state index contributed by atoms with van der Waals surface area (Å²) in [7, 11) is 0. The van der Waals surface area contributed by atoms with Gasteiger partial charge in [-0.15, -0.1) is 0 Å². The first-order valence-electron chi connectivity index (χ1n) is 5.39. The molecule has 2 aliphatic carbocycles. The minimum atomic E-state index is -0.941. The van der Waals surface area contributed by atoms with E-state index in [9.17, 15) is 14.4 Å². The Labute approximate surface area is 91.4 Å². The number of amides is 3. The predicted octanol–water partition coefficient (Wildman–Crippen LogP) is -0.305. The Balaban J connectivity index is 1.96. The van der Waals surface area contributed by atoms with E-state index >= 15 is 0 Å². The van der Waals surface area contributed by atoms with Gasteiger partial charge in [-0.2, -0.15) is 0 Å². The molecule has 3 rings (SSSR count). The molecular weight excluding hydrogens is 212 g/mol. The van der Waals surface area contributed by atoms with Gasteiger partial charge in [-0.25, -0.2) is 4.79 Å². The maximum atomic E-state index is 11.8. The van der Waals surface area contributed by atoms with Crippen LogP contribution in [-0.4, -0.2) is 28.6 Å². The number of urea groups is 1. The fraction of sp³-hybridized carbons (Fsp3) is 0.700. The second-order valence-electron chi connectivity index (χ2n) is 4.97. The van der Waals surface area contributed by atoms with Crippen LogP contribution in [-0.2, 0) is 9.59 Å². The Morgan fingerprint density at radius 3 is 2.62 bits per heavy atom. The van der Waals surface area contributed by atoms with Crippen molar-refractivity contribution in [1.82, 2.24) is 10.6 Å². The van der Waals surface area contributed by atoms with Crippen molar-refractivity contribution in [3.63, 3.8) is 0 Å². The van der Waals surface area contributed by atoms with Crippen molar-refractivity contribution < 1.29 is 19.5 Å². The molecule has 0 aromatic rings. The highest BCUT2D eigenvalue weighted by Crippen LogP contribution is 2.54. The number of carboxylic acid groups (broad SMARTS) is 1. The Hall–Kier alpha value is -1.59. The highest BCUT2D eigenvalue weighted by Gasteiger charge is 2.64. The molecule has 3 amide bonds. The third-order valence-electron chi connectivity index (χ3n) is 4.19. The van der Waals surface area contributed by atoms with Crippen LogP contribution in [0.1, 0.15) is 19.3 Å². The van der Waals surface area contributed by atoms with E-state index in [1.165, 1.54) is 0 Å². The van der Waals surface area contributed by atoms with Crippen LogP contribution in [0.2, 0.25) is 0 Å². The molecule has 16 heavy (non-hydrogen) atoms. The van der Waals surface area contributed by atoms with Crippen LogP contribution < -0.4 is 10.6 Å². The molecular formula is C10H12N2O4. The molecule has 1 saturated heterocycles. The quantitative estimate of drug-likeness (QED) is 0.532. The van der Waals surface area contributed by atoms with E-state index in [0.717, 1.165) is 6.42 Å². The van der Waals surface area contributed by atoms with Gasteiger partial charge in [-0.1, -0.05) is 0 Å². The second kappa shape index (κ2) is 2.75. The smallest absolute Gasteiger partial charge is 0.322 e. The van der Waals surface area contributed by atoms with E-state index in [1.807, 2.05) is 0 Å².